The molecule has 0 aliphatic heterocycles. The molecule has 136 valence electrons. The van der Waals surface area contributed by atoms with Crippen LogP contribution in [0.15, 0.2) is 29.4 Å². The maximum absolute atomic E-state index is 5.53. The van der Waals surface area contributed by atoms with Gasteiger partial charge in [-0.15, -0.1) is 5.10 Å². The van der Waals surface area contributed by atoms with E-state index in [-0.39, 0.29) is 0 Å². The molecule has 0 unspecified atom stereocenters. The lowest BCUT2D eigenvalue weighted by atomic mass is 10.2. The van der Waals surface area contributed by atoms with E-state index < -0.39 is 0 Å². The summed E-state index contributed by atoms with van der Waals surface area (Å²) in [5, 5.41) is 15.9. The molecule has 0 radical (unpaired) electrons. The molecule has 1 N–H and O–H groups in total. The summed E-state index contributed by atoms with van der Waals surface area (Å²) >= 11 is 5.29. The van der Waals surface area contributed by atoms with Crippen molar-refractivity contribution in [3.05, 3.63) is 46.0 Å². The van der Waals surface area contributed by atoms with Crippen molar-refractivity contribution in [2.24, 2.45) is 5.10 Å². The van der Waals surface area contributed by atoms with Gasteiger partial charge in [-0.1, -0.05) is 0 Å². The topological polar surface area (TPSA) is 82.3 Å². The molecule has 0 saturated carbocycles. The largest absolute Gasteiger partial charge is 0.493 e. The summed E-state index contributed by atoms with van der Waals surface area (Å²) in [6.45, 7) is 6.36. The van der Waals surface area contributed by atoms with Gasteiger partial charge >= 0.3 is 0 Å². The van der Waals surface area contributed by atoms with Crippen molar-refractivity contribution in [2.75, 3.05) is 13.7 Å². The first kappa shape index (κ1) is 17.9. The maximum atomic E-state index is 5.53. The van der Waals surface area contributed by atoms with E-state index in [1.807, 2.05) is 45.0 Å². The number of nitrogens with one attached hydrogen (secondary N) is 1. The Kier molecular flexibility index (Phi) is 5.17. The zero-order chi connectivity index (χ0) is 18.7. The number of hydrogen-bond donors (Lipinski definition) is 1. The number of aromatic nitrogens is 5. The molecule has 0 bridgehead atoms. The predicted octanol–water partition coefficient (Wildman–Crippen LogP) is 3.03. The van der Waals surface area contributed by atoms with Gasteiger partial charge in [0.05, 0.1) is 25.6 Å². The number of benzene rings is 1. The molecular weight excluding hydrogens is 352 g/mol. The molecule has 2 aromatic heterocycles. The summed E-state index contributed by atoms with van der Waals surface area (Å²) in [4.78, 5) is 0. The second kappa shape index (κ2) is 7.52. The molecule has 0 amide bonds. The van der Waals surface area contributed by atoms with Crippen LogP contribution in [-0.4, -0.2) is 44.6 Å². The summed E-state index contributed by atoms with van der Waals surface area (Å²) in [7, 11) is 1.60. The molecule has 3 rings (SSSR count). The fourth-order valence-electron chi connectivity index (χ4n) is 2.52. The van der Waals surface area contributed by atoms with Crippen LogP contribution in [0.2, 0.25) is 0 Å². The number of H-pyrrole nitrogens is 1. The van der Waals surface area contributed by atoms with E-state index in [1.165, 1.54) is 4.68 Å². The van der Waals surface area contributed by atoms with Gasteiger partial charge in [0.1, 0.15) is 0 Å². The Labute approximate surface area is 156 Å². The van der Waals surface area contributed by atoms with Crippen LogP contribution in [0.3, 0.4) is 0 Å². The third kappa shape index (κ3) is 3.52. The minimum Gasteiger partial charge on any atom is -0.493 e. The van der Waals surface area contributed by atoms with Crippen LogP contribution in [0.1, 0.15) is 23.9 Å². The highest BCUT2D eigenvalue weighted by molar-refractivity contribution is 7.71. The normalized spacial score (nSPS) is 11.2. The number of hydrogen-bond acceptors (Lipinski definition) is 6. The lowest BCUT2D eigenvalue weighted by Gasteiger charge is -2.09. The zero-order valence-electron chi connectivity index (χ0n) is 15.1. The molecule has 9 heteroatoms. The Morgan fingerprint density at radius 1 is 1.27 bits per heavy atom. The second-order valence-electron chi connectivity index (χ2n) is 5.57. The Bertz CT molecular complexity index is 1000. The Morgan fingerprint density at radius 3 is 2.73 bits per heavy atom. The van der Waals surface area contributed by atoms with E-state index >= 15 is 0 Å². The minimum absolute atomic E-state index is 0.377. The average molecular weight is 372 g/mol. The summed E-state index contributed by atoms with van der Waals surface area (Å²) in [5.41, 5.74) is 2.67. The van der Waals surface area contributed by atoms with Gasteiger partial charge in [0, 0.05) is 5.69 Å². The van der Waals surface area contributed by atoms with Crippen molar-refractivity contribution in [3.8, 4) is 17.4 Å². The fraction of sp³-hybridized carbons (Fsp3) is 0.294. The van der Waals surface area contributed by atoms with Gasteiger partial charge in [-0.3, -0.25) is 0 Å². The van der Waals surface area contributed by atoms with Crippen molar-refractivity contribution < 1.29 is 9.47 Å². The van der Waals surface area contributed by atoms with Crippen LogP contribution in [0.5, 0.6) is 11.5 Å². The van der Waals surface area contributed by atoms with Gasteiger partial charge in [-0.25, -0.2) is 9.78 Å². The van der Waals surface area contributed by atoms with Gasteiger partial charge in [0.15, 0.2) is 11.5 Å². The van der Waals surface area contributed by atoms with E-state index in [9.17, 15) is 0 Å². The van der Waals surface area contributed by atoms with Gasteiger partial charge < -0.3 is 9.47 Å². The molecule has 8 nitrogen and oxygen atoms in total. The fourth-order valence-corrected chi connectivity index (χ4v) is 2.69. The number of aryl methyl sites for hydroxylation is 2. The Hall–Kier alpha value is -2.94. The highest BCUT2D eigenvalue weighted by Gasteiger charge is 2.12. The minimum atomic E-state index is 0.377. The van der Waals surface area contributed by atoms with Crippen molar-refractivity contribution in [1.82, 2.24) is 24.7 Å². The third-order valence-electron chi connectivity index (χ3n) is 3.64. The zero-order valence-corrected chi connectivity index (χ0v) is 15.9. The van der Waals surface area contributed by atoms with Crippen LogP contribution in [0.4, 0.5) is 0 Å². The summed E-state index contributed by atoms with van der Waals surface area (Å²) in [6.07, 6.45) is 1.68. The molecule has 2 heterocycles. The number of rotatable bonds is 6. The van der Waals surface area contributed by atoms with Crippen LogP contribution in [0, 0.1) is 18.6 Å². The van der Waals surface area contributed by atoms with Crippen molar-refractivity contribution >= 4 is 18.4 Å². The van der Waals surface area contributed by atoms with Crippen molar-refractivity contribution in [1.29, 1.82) is 0 Å². The number of nitrogens with zero attached hydrogens (tertiary/aromatic N) is 5. The molecule has 0 saturated heterocycles. The monoisotopic (exact) mass is 372 g/mol. The molecule has 26 heavy (non-hydrogen) atoms. The molecule has 0 aliphatic rings. The number of ether oxygens (including phenoxy) is 2. The molecule has 0 spiro atoms. The van der Waals surface area contributed by atoms with Crippen LogP contribution < -0.4 is 9.47 Å². The quantitative estimate of drug-likeness (QED) is 0.531. The van der Waals surface area contributed by atoms with E-state index in [4.69, 9.17) is 21.7 Å². The SMILES string of the molecule is CCOc1ccc(/C=N\n2c(-n3nc(C)cc3C)n[nH]c2=S)cc1OC. The molecular formula is C17H20N6O2S. The smallest absolute Gasteiger partial charge is 0.271 e. The second-order valence-corrected chi connectivity index (χ2v) is 5.95. The van der Waals surface area contributed by atoms with Gasteiger partial charge in [-0.2, -0.15) is 14.9 Å². The van der Waals surface area contributed by atoms with Crippen LogP contribution in [-0.2, 0) is 0 Å². The highest BCUT2D eigenvalue weighted by atomic mass is 32.1. The first-order chi connectivity index (χ1) is 12.5. The Morgan fingerprint density at radius 2 is 2.08 bits per heavy atom. The van der Waals surface area contributed by atoms with Crippen molar-refractivity contribution in [3.63, 3.8) is 0 Å². The van der Waals surface area contributed by atoms with Gasteiger partial charge in [0.2, 0.25) is 4.77 Å². The number of aromatic amines is 1. The lowest BCUT2D eigenvalue weighted by Crippen LogP contribution is -2.07. The van der Waals surface area contributed by atoms with Gasteiger partial charge in [0.25, 0.3) is 5.95 Å². The van der Waals surface area contributed by atoms with E-state index in [1.54, 1.807) is 18.0 Å². The van der Waals surface area contributed by atoms with Gasteiger partial charge in [-0.05, 0) is 62.8 Å². The standard InChI is InChI=1S/C17H20N6O2S/c1-5-25-14-7-6-13(9-15(14)24-4)10-18-23-16(19-20-17(23)26)22-12(3)8-11(2)21-22/h6-10H,5H2,1-4H3,(H,20,26)/b18-10-. The third-order valence-corrected chi connectivity index (χ3v) is 3.91. The predicted molar refractivity (Wildman–Crippen MR) is 101 cm³/mol. The van der Waals surface area contributed by atoms with E-state index in [2.05, 4.69) is 20.4 Å². The molecule has 1 aromatic carbocycles. The molecule has 0 aliphatic carbocycles. The lowest BCUT2D eigenvalue weighted by molar-refractivity contribution is 0.311. The van der Waals surface area contributed by atoms with Crippen LogP contribution in [0.25, 0.3) is 5.95 Å². The maximum Gasteiger partial charge on any atom is 0.271 e. The van der Waals surface area contributed by atoms with E-state index in [0.717, 1.165) is 17.0 Å². The Balaban J connectivity index is 1.96. The highest BCUT2D eigenvalue weighted by Crippen LogP contribution is 2.27. The van der Waals surface area contributed by atoms with E-state index in [0.29, 0.717) is 28.8 Å². The summed E-state index contributed by atoms with van der Waals surface area (Å²) in [6, 6.07) is 7.55. The summed E-state index contributed by atoms with van der Waals surface area (Å²) in [5.74, 6) is 1.83. The number of methoxy groups -OCH3 is 1. The molecule has 3 aromatic rings. The van der Waals surface area contributed by atoms with Crippen LogP contribution >= 0.6 is 12.2 Å². The average Bonchev–Trinajstić information content (AvgIpc) is 3.15. The molecule has 0 atom stereocenters. The first-order valence-corrected chi connectivity index (χ1v) is 8.50. The van der Waals surface area contributed by atoms with Crippen molar-refractivity contribution in [2.45, 2.75) is 20.8 Å². The first-order valence-electron chi connectivity index (χ1n) is 8.09. The summed E-state index contributed by atoms with van der Waals surface area (Å²) < 4.78 is 14.5. The molecule has 0 fully saturated rings.